The molecule has 0 spiro atoms. The number of rotatable bonds is 17. The molecule has 0 saturated carbocycles. The van der Waals surface area contributed by atoms with Gasteiger partial charge in [0.15, 0.2) is 0 Å². The van der Waals surface area contributed by atoms with Crippen molar-refractivity contribution in [3.8, 4) is 0 Å². The predicted molar refractivity (Wildman–Crippen MR) is 219 cm³/mol. The molecule has 1 aliphatic carbocycles. The fourth-order valence-corrected chi connectivity index (χ4v) is 5.32. The quantitative estimate of drug-likeness (QED) is 0.0562. The summed E-state index contributed by atoms with van der Waals surface area (Å²) in [4.78, 5) is 27.5. The third kappa shape index (κ3) is 26.1. The van der Waals surface area contributed by atoms with Crippen LogP contribution in [0.25, 0.3) is 0 Å². The molecular weight excluding hydrogens is 706 g/mol. The van der Waals surface area contributed by atoms with Crippen molar-refractivity contribution >= 4 is 21.9 Å². The average molecular weight is 781 g/mol. The molecule has 1 aromatic rings. The van der Waals surface area contributed by atoms with Crippen molar-refractivity contribution in [3.63, 3.8) is 0 Å². The minimum Gasteiger partial charge on any atom is -0.345 e. The highest BCUT2D eigenvalue weighted by Gasteiger charge is 2.41. The summed E-state index contributed by atoms with van der Waals surface area (Å²) in [7, 11) is 1.50. The Morgan fingerprint density at radius 3 is 1.87 bits per heavy atom. The van der Waals surface area contributed by atoms with Crippen LogP contribution in [-0.2, 0) is 17.4 Å². The number of aromatic nitrogens is 2. The Morgan fingerprint density at radius 1 is 0.925 bits per heavy atom. The van der Waals surface area contributed by atoms with Gasteiger partial charge in [-0.3, -0.25) is 14.6 Å². The van der Waals surface area contributed by atoms with Gasteiger partial charge < -0.3 is 4.90 Å². The zero-order chi connectivity index (χ0) is 41.5. The molecular formula is C41H74F5N4O2P. The number of unbranched alkanes of at least 4 members (excludes halogenated alkanes) is 6. The highest BCUT2D eigenvalue weighted by atomic mass is 31.0. The lowest BCUT2D eigenvalue weighted by atomic mass is 9.90. The van der Waals surface area contributed by atoms with Gasteiger partial charge in [-0.1, -0.05) is 141 Å². The predicted octanol–water partition coefficient (Wildman–Crippen LogP) is 13.1. The standard InChI is InChI=1S/C12H15F3N2O.C10H16F2NP.C9H19NO.C6H14.C4H10/c1-3-6(2)7-4-5-8-9(12(13,14)15)11(18)17-16-10(7)8;1-4-6-8(3)13-7-9(5-2)10(11,12)14;1-3-5-6-8-10(9-11)7-4-2;1-3-5-6-4-2;1-3-4-2/h6-7H,3-5H2,1-2H3,(H,17,18);5-7H,4,14H2,1-3H3;9H,3-8H2,1-2H3;3-6H2,1-2H3;3-4H2,1-2H3/b;8-6-,9-5+,13-7-;;;. The van der Waals surface area contributed by atoms with Crippen LogP contribution in [0.15, 0.2) is 33.2 Å². The number of alkyl halides is 5. The zero-order valence-electron chi connectivity index (χ0n) is 34.9. The van der Waals surface area contributed by atoms with Gasteiger partial charge in [-0.15, -0.1) is 0 Å². The second-order valence-electron chi connectivity index (χ2n) is 13.3. The largest absolute Gasteiger partial charge is 0.422 e. The van der Waals surface area contributed by atoms with E-state index >= 15 is 0 Å². The van der Waals surface area contributed by atoms with Gasteiger partial charge in [-0.05, 0) is 57.4 Å². The summed E-state index contributed by atoms with van der Waals surface area (Å²) in [6.07, 6.45) is 16.3. The summed E-state index contributed by atoms with van der Waals surface area (Å²) >= 11 is 0. The summed E-state index contributed by atoms with van der Waals surface area (Å²) in [6.45, 7) is 24.3. The molecule has 6 nitrogen and oxygen atoms in total. The van der Waals surface area contributed by atoms with E-state index in [4.69, 9.17) is 0 Å². The van der Waals surface area contributed by atoms with E-state index in [1.165, 1.54) is 72.9 Å². The van der Waals surface area contributed by atoms with Crippen molar-refractivity contribution < 1.29 is 26.7 Å². The number of aromatic amines is 1. The third-order valence-corrected chi connectivity index (χ3v) is 8.89. The van der Waals surface area contributed by atoms with Crippen LogP contribution >= 0.6 is 9.24 Å². The Balaban J connectivity index is -0.000000641. The first-order valence-corrected chi connectivity index (χ1v) is 20.4. The fourth-order valence-electron chi connectivity index (χ4n) is 5.08. The molecule has 1 amide bonds. The van der Waals surface area contributed by atoms with E-state index in [1.807, 2.05) is 36.8 Å². The molecule has 0 aromatic carbocycles. The van der Waals surface area contributed by atoms with E-state index in [9.17, 15) is 31.5 Å². The van der Waals surface area contributed by atoms with Crippen LogP contribution in [0.5, 0.6) is 0 Å². The topological polar surface area (TPSA) is 78.4 Å². The molecule has 0 bridgehead atoms. The van der Waals surface area contributed by atoms with Crippen LogP contribution in [0.2, 0.25) is 0 Å². The van der Waals surface area contributed by atoms with Crippen LogP contribution in [-0.4, -0.2) is 46.5 Å². The molecule has 1 heterocycles. The molecule has 3 atom stereocenters. The maximum Gasteiger partial charge on any atom is 0.422 e. The number of amides is 1. The summed E-state index contributed by atoms with van der Waals surface area (Å²) < 4.78 is 64.2. The molecule has 12 heteroatoms. The summed E-state index contributed by atoms with van der Waals surface area (Å²) in [5.74, 6) is 0.286. The van der Waals surface area contributed by atoms with Gasteiger partial charge in [0, 0.05) is 36.5 Å². The number of hydrogen-bond donors (Lipinski definition) is 1. The number of aliphatic imine (C=N–C) groups is 1. The van der Waals surface area contributed by atoms with Gasteiger partial charge in [0.05, 0.1) is 5.69 Å². The second-order valence-corrected chi connectivity index (χ2v) is 14.0. The fraction of sp³-hybridized carbons (Fsp3) is 0.756. The first-order chi connectivity index (χ1) is 24.9. The Kier molecular flexibility index (Phi) is 34.2. The van der Waals surface area contributed by atoms with Gasteiger partial charge in [0.1, 0.15) is 5.56 Å². The van der Waals surface area contributed by atoms with E-state index in [0.29, 0.717) is 12.1 Å². The van der Waals surface area contributed by atoms with Gasteiger partial charge >= 0.3 is 6.18 Å². The van der Waals surface area contributed by atoms with Crippen LogP contribution in [0.1, 0.15) is 182 Å². The summed E-state index contributed by atoms with van der Waals surface area (Å²) in [5, 5.41) is 5.84. The number of hydrogen-bond acceptors (Lipinski definition) is 4. The Labute approximate surface area is 321 Å². The number of fused-ring (bicyclic) bond motifs is 1. The summed E-state index contributed by atoms with van der Waals surface area (Å²) in [6, 6.07) is 0. The Hall–Kier alpha value is -2.42. The maximum absolute atomic E-state index is 12.9. The number of carbonyl (C=O) groups excluding carboxylic acids is 1. The Morgan fingerprint density at radius 2 is 1.47 bits per heavy atom. The van der Waals surface area contributed by atoms with Gasteiger partial charge in [-0.2, -0.15) is 27.1 Å². The van der Waals surface area contributed by atoms with Crippen molar-refractivity contribution in [1.82, 2.24) is 15.1 Å². The first-order valence-electron chi connectivity index (χ1n) is 19.9. The van der Waals surface area contributed by atoms with Gasteiger partial charge in [-0.25, -0.2) is 5.10 Å². The number of halogens is 5. The van der Waals surface area contributed by atoms with Crippen molar-refractivity contribution in [3.05, 3.63) is 50.6 Å². The number of nitrogens with zero attached hydrogens (tertiary/aromatic N) is 3. The monoisotopic (exact) mass is 781 g/mol. The molecule has 0 aliphatic heterocycles. The van der Waals surface area contributed by atoms with E-state index in [1.54, 1.807) is 13.8 Å². The van der Waals surface area contributed by atoms with Crippen LogP contribution < -0.4 is 5.56 Å². The molecule has 0 saturated heterocycles. The first kappa shape index (κ1) is 54.9. The minimum absolute atomic E-state index is 0.0166. The van der Waals surface area contributed by atoms with Crippen LogP contribution in [0.3, 0.4) is 0 Å². The van der Waals surface area contributed by atoms with Crippen molar-refractivity contribution in [2.45, 2.75) is 184 Å². The van der Waals surface area contributed by atoms with Crippen molar-refractivity contribution in [2.24, 2.45) is 10.9 Å². The van der Waals surface area contributed by atoms with E-state index < -0.39 is 23.0 Å². The highest BCUT2D eigenvalue weighted by Crippen LogP contribution is 2.42. The maximum atomic E-state index is 12.9. The highest BCUT2D eigenvalue weighted by molar-refractivity contribution is 7.18. The lowest BCUT2D eigenvalue weighted by molar-refractivity contribution is -0.139. The van der Waals surface area contributed by atoms with Crippen molar-refractivity contribution in [2.75, 3.05) is 13.1 Å². The van der Waals surface area contributed by atoms with E-state index in [0.717, 1.165) is 50.9 Å². The van der Waals surface area contributed by atoms with E-state index in [-0.39, 0.29) is 29.4 Å². The number of allylic oxidation sites excluding steroid dienone is 4. The molecule has 310 valence electrons. The van der Waals surface area contributed by atoms with Gasteiger partial charge in [0.2, 0.25) is 6.41 Å². The molecule has 53 heavy (non-hydrogen) atoms. The lowest BCUT2D eigenvalue weighted by Gasteiger charge is -2.17. The van der Waals surface area contributed by atoms with Gasteiger partial charge in [0.25, 0.3) is 11.2 Å². The molecule has 1 N–H and O–H groups in total. The van der Waals surface area contributed by atoms with Crippen LogP contribution in [0, 0.1) is 5.92 Å². The van der Waals surface area contributed by atoms with E-state index in [2.05, 4.69) is 51.6 Å². The number of carbonyl (C=O) groups is 1. The minimum atomic E-state index is -4.61. The lowest BCUT2D eigenvalue weighted by Crippen LogP contribution is -2.26. The normalized spacial score (nSPS) is 14.7. The second kappa shape index (κ2) is 33.0. The Bertz CT molecular complexity index is 1200. The number of H-pyrrole nitrogens is 1. The summed E-state index contributed by atoms with van der Waals surface area (Å²) in [5.41, 5.74) is -3.91. The SMILES string of the molecule is CCC(C)C1CCc2c1n[nH]c(=O)c2C(F)(F)F.CCCC.CCCCCC.CCCCCN(C=O)CCC.C\C=C(/C=N\C(C)=C/CC)C(F)(F)P. The van der Waals surface area contributed by atoms with Crippen molar-refractivity contribution in [1.29, 1.82) is 0 Å². The smallest absolute Gasteiger partial charge is 0.345 e. The average Bonchev–Trinajstić information content (AvgIpc) is 3.54. The molecule has 1 aromatic heterocycles. The van der Waals surface area contributed by atoms with Crippen LogP contribution in [0.4, 0.5) is 22.0 Å². The zero-order valence-corrected chi connectivity index (χ0v) is 36.1. The molecule has 2 rings (SSSR count). The third-order valence-electron chi connectivity index (χ3n) is 8.56. The molecule has 3 unspecified atom stereocenters. The number of nitrogens with one attached hydrogen (secondary N) is 1. The molecule has 0 radical (unpaired) electrons. The molecule has 0 fully saturated rings. The molecule has 1 aliphatic rings.